The SMILES string of the molecule is Cc1ccc(F)c(C(C=O)N(C)C(=O)OC(C)(C)C)c1. The maximum Gasteiger partial charge on any atom is 0.410 e. The van der Waals surface area contributed by atoms with Crippen LogP contribution in [-0.2, 0) is 9.53 Å². The van der Waals surface area contributed by atoms with Crippen molar-refractivity contribution in [3.63, 3.8) is 0 Å². The van der Waals surface area contributed by atoms with Crippen molar-refractivity contribution in [3.8, 4) is 0 Å². The molecule has 0 aliphatic heterocycles. The molecule has 5 heteroatoms. The van der Waals surface area contributed by atoms with Crippen molar-refractivity contribution in [2.24, 2.45) is 0 Å². The lowest BCUT2D eigenvalue weighted by Gasteiger charge is -2.28. The highest BCUT2D eigenvalue weighted by molar-refractivity contribution is 5.74. The van der Waals surface area contributed by atoms with E-state index in [9.17, 15) is 14.0 Å². The van der Waals surface area contributed by atoms with E-state index in [0.29, 0.717) is 6.29 Å². The molecule has 0 aliphatic carbocycles. The number of hydrogen-bond donors (Lipinski definition) is 0. The summed E-state index contributed by atoms with van der Waals surface area (Å²) in [6, 6.07) is 3.43. The Bertz CT molecular complexity index is 508. The molecule has 0 aromatic heterocycles. The highest BCUT2D eigenvalue weighted by Gasteiger charge is 2.27. The molecule has 20 heavy (non-hydrogen) atoms. The van der Waals surface area contributed by atoms with Gasteiger partial charge in [-0.05, 0) is 33.8 Å². The van der Waals surface area contributed by atoms with E-state index in [1.807, 2.05) is 0 Å². The fraction of sp³-hybridized carbons (Fsp3) is 0.467. The number of hydrogen-bond acceptors (Lipinski definition) is 3. The molecular formula is C15H20FNO3. The number of aryl methyl sites for hydroxylation is 1. The number of likely N-dealkylation sites (N-methyl/N-ethyl adjacent to an activating group) is 1. The minimum atomic E-state index is -1.01. The summed E-state index contributed by atoms with van der Waals surface area (Å²) in [4.78, 5) is 24.3. The molecule has 1 unspecified atom stereocenters. The van der Waals surface area contributed by atoms with Crippen molar-refractivity contribution >= 4 is 12.4 Å². The molecule has 0 saturated carbocycles. The molecule has 1 amide bonds. The van der Waals surface area contributed by atoms with Gasteiger partial charge in [0.15, 0.2) is 0 Å². The first-order valence-corrected chi connectivity index (χ1v) is 6.33. The van der Waals surface area contributed by atoms with Crippen LogP contribution in [-0.4, -0.2) is 29.9 Å². The van der Waals surface area contributed by atoms with Gasteiger partial charge >= 0.3 is 6.09 Å². The molecule has 0 heterocycles. The van der Waals surface area contributed by atoms with Gasteiger partial charge < -0.3 is 9.53 Å². The molecule has 0 radical (unpaired) electrons. The third kappa shape index (κ3) is 4.05. The lowest BCUT2D eigenvalue weighted by molar-refractivity contribution is -0.112. The third-order valence-corrected chi connectivity index (χ3v) is 2.70. The molecule has 1 aromatic carbocycles. The predicted octanol–water partition coefficient (Wildman–Crippen LogP) is 3.24. The summed E-state index contributed by atoms with van der Waals surface area (Å²) in [6.45, 7) is 6.96. The second kappa shape index (κ2) is 6.03. The second-order valence-electron chi connectivity index (χ2n) is 5.70. The van der Waals surface area contributed by atoms with E-state index in [1.54, 1.807) is 39.8 Å². The van der Waals surface area contributed by atoms with E-state index in [4.69, 9.17) is 4.74 Å². The molecule has 0 spiro atoms. The number of ether oxygens (including phenoxy) is 1. The molecule has 1 aromatic rings. The summed E-state index contributed by atoms with van der Waals surface area (Å²) >= 11 is 0. The Balaban J connectivity index is 3.04. The zero-order valence-corrected chi connectivity index (χ0v) is 12.4. The summed E-state index contributed by atoms with van der Waals surface area (Å²) < 4.78 is 19.0. The zero-order chi connectivity index (χ0) is 15.5. The van der Waals surface area contributed by atoms with Crippen LogP contribution in [0.5, 0.6) is 0 Å². The average molecular weight is 281 g/mol. The van der Waals surface area contributed by atoms with E-state index in [2.05, 4.69) is 0 Å². The van der Waals surface area contributed by atoms with Crippen LogP contribution in [0.3, 0.4) is 0 Å². The number of benzene rings is 1. The van der Waals surface area contributed by atoms with Gasteiger partial charge in [-0.15, -0.1) is 0 Å². The molecule has 4 nitrogen and oxygen atoms in total. The molecule has 0 N–H and O–H groups in total. The molecule has 0 aliphatic rings. The lowest BCUT2D eigenvalue weighted by Crippen LogP contribution is -2.37. The summed E-state index contributed by atoms with van der Waals surface area (Å²) in [5.74, 6) is -0.525. The minimum Gasteiger partial charge on any atom is -0.444 e. The number of amides is 1. The van der Waals surface area contributed by atoms with E-state index in [1.165, 1.54) is 13.1 Å². The van der Waals surface area contributed by atoms with Crippen LogP contribution in [0.25, 0.3) is 0 Å². The van der Waals surface area contributed by atoms with Gasteiger partial charge in [-0.25, -0.2) is 9.18 Å². The highest BCUT2D eigenvalue weighted by Crippen LogP contribution is 2.23. The van der Waals surface area contributed by atoms with Gasteiger partial charge in [0.2, 0.25) is 0 Å². The number of carbonyl (C=O) groups is 2. The fourth-order valence-corrected chi connectivity index (χ4v) is 1.71. The molecule has 0 fully saturated rings. The van der Waals surface area contributed by atoms with Crippen molar-refractivity contribution in [1.82, 2.24) is 4.90 Å². The van der Waals surface area contributed by atoms with Crippen LogP contribution in [0.1, 0.15) is 37.9 Å². The van der Waals surface area contributed by atoms with Crippen LogP contribution in [0.15, 0.2) is 18.2 Å². The van der Waals surface area contributed by atoms with Gasteiger partial charge in [0.05, 0.1) is 0 Å². The van der Waals surface area contributed by atoms with Crippen molar-refractivity contribution in [3.05, 3.63) is 35.1 Å². The van der Waals surface area contributed by atoms with Crippen LogP contribution < -0.4 is 0 Å². The maximum absolute atomic E-state index is 13.8. The van der Waals surface area contributed by atoms with Gasteiger partial charge in [-0.3, -0.25) is 4.90 Å². The Kier molecular flexibility index (Phi) is 4.87. The maximum atomic E-state index is 13.8. The summed E-state index contributed by atoms with van der Waals surface area (Å²) in [7, 11) is 1.41. The topological polar surface area (TPSA) is 46.6 Å². The number of carbonyl (C=O) groups excluding carboxylic acids is 2. The fourth-order valence-electron chi connectivity index (χ4n) is 1.71. The lowest BCUT2D eigenvalue weighted by atomic mass is 10.0. The summed E-state index contributed by atoms with van der Waals surface area (Å²) in [6.07, 6.45) is -0.141. The second-order valence-corrected chi connectivity index (χ2v) is 5.70. The van der Waals surface area contributed by atoms with Crippen LogP contribution in [0.4, 0.5) is 9.18 Å². The van der Waals surface area contributed by atoms with Crippen LogP contribution in [0.2, 0.25) is 0 Å². The zero-order valence-electron chi connectivity index (χ0n) is 12.4. The van der Waals surface area contributed by atoms with Gasteiger partial charge in [-0.2, -0.15) is 0 Å². The largest absolute Gasteiger partial charge is 0.444 e. The van der Waals surface area contributed by atoms with Crippen molar-refractivity contribution < 1.29 is 18.7 Å². The van der Waals surface area contributed by atoms with E-state index < -0.39 is 23.6 Å². The molecule has 1 atom stereocenters. The Morgan fingerprint density at radius 2 is 2.00 bits per heavy atom. The summed E-state index contributed by atoms with van der Waals surface area (Å²) in [5.41, 5.74) is 0.295. The first kappa shape index (κ1) is 16.1. The normalized spacial score (nSPS) is 12.7. The Morgan fingerprint density at radius 3 is 2.50 bits per heavy atom. The van der Waals surface area contributed by atoms with Crippen LogP contribution >= 0.6 is 0 Å². The number of aldehydes is 1. The molecule has 1 rings (SSSR count). The molecule has 0 saturated heterocycles. The number of rotatable bonds is 3. The van der Waals surface area contributed by atoms with Crippen LogP contribution in [0, 0.1) is 12.7 Å². The molecule has 0 bridgehead atoms. The van der Waals surface area contributed by atoms with Gasteiger partial charge in [0, 0.05) is 12.6 Å². The Morgan fingerprint density at radius 1 is 1.40 bits per heavy atom. The smallest absolute Gasteiger partial charge is 0.410 e. The van der Waals surface area contributed by atoms with Gasteiger partial charge in [0.1, 0.15) is 23.7 Å². The molecular weight excluding hydrogens is 261 g/mol. The first-order valence-electron chi connectivity index (χ1n) is 6.33. The van der Waals surface area contributed by atoms with Gasteiger partial charge in [-0.1, -0.05) is 17.7 Å². The molecule has 110 valence electrons. The number of nitrogens with zero attached hydrogens (tertiary/aromatic N) is 1. The first-order chi connectivity index (χ1) is 9.15. The van der Waals surface area contributed by atoms with E-state index in [-0.39, 0.29) is 5.56 Å². The van der Waals surface area contributed by atoms with E-state index in [0.717, 1.165) is 10.5 Å². The minimum absolute atomic E-state index is 0.161. The predicted molar refractivity (Wildman–Crippen MR) is 73.9 cm³/mol. The van der Waals surface area contributed by atoms with E-state index >= 15 is 0 Å². The third-order valence-electron chi connectivity index (χ3n) is 2.70. The monoisotopic (exact) mass is 281 g/mol. The Labute approximate surface area is 118 Å². The quantitative estimate of drug-likeness (QED) is 0.799. The van der Waals surface area contributed by atoms with Crippen molar-refractivity contribution in [2.45, 2.75) is 39.3 Å². The van der Waals surface area contributed by atoms with Gasteiger partial charge in [0.25, 0.3) is 0 Å². The van der Waals surface area contributed by atoms with Crippen molar-refractivity contribution in [2.75, 3.05) is 7.05 Å². The average Bonchev–Trinajstić information content (AvgIpc) is 2.32. The Hall–Kier alpha value is -1.91. The number of halogens is 1. The standard InChI is InChI=1S/C15H20FNO3/c1-10-6-7-12(16)11(8-10)13(9-18)17(5)14(19)20-15(2,3)4/h6-9,13H,1-5H3. The summed E-state index contributed by atoms with van der Waals surface area (Å²) in [5, 5.41) is 0. The highest BCUT2D eigenvalue weighted by atomic mass is 19.1. The van der Waals surface area contributed by atoms with Crippen molar-refractivity contribution in [1.29, 1.82) is 0 Å².